The van der Waals surface area contributed by atoms with E-state index in [0.717, 1.165) is 9.26 Å². The zero-order chi connectivity index (χ0) is 11.7. The van der Waals surface area contributed by atoms with E-state index >= 15 is 0 Å². The largest absolute Gasteiger partial charge is 0.266 e. The second kappa shape index (κ2) is 5.01. The van der Waals surface area contributed by atoms with Crippen LogP contribution in [-0.2, 0) is 6.54 Å². The average molecular weight is 415 g/mol. The fourth-order valence-corrected chi connectivity index (χ4v) is 2.26. The maximum absolute atomic E-state index is 13.3. The van der Waals surface area contributed by atoms with Crippen molar-refractivity contribution in [2.24, 2.45) is 0 Å². The number of aromatic nitrogens is 2. The summed E-state index contributed by atoms with van der Waals surface area (Å²) in [5.41, 5.74) is 0.829. The van der Waals surface area contributed by atoms with Crippen LogP contribution in [0.25, 0.3) is 0 Å². The molecule has 1 aromatic carbocycles. The average Bonchev–Trinajstić information content (AvgIpc) is 2.54. The molecule has 0 saturated heterocycles. The quantitative estimate of drug-likeness (QED) is 0.676. The second-order valence-electron chi connectivity index (χ2n) is 3.18. The van der Waals surface area contributed by atoms with Gasteiger partial charge in [0.2, 0.25) is 0 Å². The summed E-state index contributed by atoms with van der Waals surface area (Å²) >= 11 is 11.2. The maximum Gasteiger partial charge on any atom is 0.141 e. The van der Waals surface area contributed by atoms with E-state index in [-0.39, 0.29) is 5.82 Å². The van der Waals surface area contributed by atoms with Crippen LogP contribution in [0.1, 0.15) is 5.56 Å². The monoisotopic (exact) mass is 414 g/mol. The van der Waals surface area contributed by atoms with Gasteiger partial charge in [0.15, 0.2) is 0 Å². The van der Waals surface area contributed by atoms with Gasteiger partial charge >= 0.3 is 0 Å². The molecule has 2 rings (SSSR count). The Morgan fingerprint density at radius 1 is 1.50 bits per heavy atom. The normalized spacial score (nSPS) is 10.8. The molecule has 0 aliphatic rings. The Morgan fingerprint density at radius 2 is 2.25 bits per heavy atom. The van der Waals surface area contributed by atoms with E-state index in [2.05, 4.69) is 43.6 Å². The standard InChI is InChI=1S/C10H6BrClFIN2/c11-9-6(2-1-3-8(9)13)4-16-5-7(12)10(14)15-16/h1-3,5H,4H2. The van der Waals surface area contributed by atoms with Crippen LogP contribution in [0.2, 0.25) is 5.02 Å². The third-order valence-electron chi connectivity index (χ3n) is 2.04. The van der Waals surface area contributed by atoms with E-state index in [4.69, 9.17) is 11.6 Å². The third kappa shape index (κ3) is 2.57. The second-order valence-corrected chi connectivity index (χ2v) is 5.40. The number of halogens is 4. The first-order valence-electron chi connectivity index (χ1n) is 4.39. The Balaban J connectivity index is 2.30. The van der Waals surface area contributed by atoms with Crippen LogP contribution in [0.3, 0.4) is 0 Å². The van der Waals surface area contributed by atoms with Gasteiger partial charge in [-0.05, 0) is 50.2 Å². The predicted molar refractivity (Wildman–Crippen MR) is 73.2 cm³/mol. The lowest BCUT2D eigenvalue weighted by molar-refractivity contribution is 0.610. The Labute approximate surface area is 119 Å². The van der Waals surface area contributed by atoms with E-state index in [1.807, 2.05) is 6.07 Å². The van der Waals surface area contributed by atoms with Gasteiger partial charge in [-0.25, -0.2) is 4.39 Å². The number of nitrogens with zero attached hydrogens (tertiary/aromatic N) is 2. The SMILES string of the molecule is Fc1cccc(Cn2cc(Cl)c(I)n2)c1Br. The molecular weight excluding hydrogens is 409 g/mol. The molecule has 0 spiro atoms. The molecule has 2 nitrogen and oxygen atoms in total. The summed E-state index contributed by atoms with van der Waals surface area (Å²) in [6, 6.07) is 4.93. The van der Waals surface area contributed by atoms with Gasteiger partial charge in [0.25, 0.3) is 0 Å². The summed E-state index contributed by atoms with van der Waals surface area (Å²) in [5, 5.41) is 4.81. The summed E-state index contributed by atoms with van der Waals surface area (Å²) in [5.74, 6) is -0.273. The van der Waals surface area contributed by atoms with Crippen molar-refractivity contribution in [1.29, 1.82) is 0 Å². The first kappa shape index (κ1) is 12.3. The first-order chi connectivity index (χ1) is 7.58. The molecule has 0 unspecified atom stereocenters. The van der Waals surface area contributed by atoms with Crippen molar-refractivity contribution < 1.29 is 4.39 Å². The van der Waals surface area contributed by atoms with E-state index in [1.54, 1.807) is 16.9 Å². The predicted octanol–water partition coefficient (Wildman–Crippen LogP) is 4.09. The summed E-state index contributed by atoms with van der Waals surface area (Å²) < 4.78 is 16.2. The van der Waals surface area contributed by atoms with Gasteiger partial charge in [-0.1, -0.05) is 23.7 Å². The molecule has 1 heterocycles. The van der Waals surface area contributed by atoms with Gasteiger partial charge in [0, 0.05) is 6.20 Å². The zero-order valence-electron chi connectivity index (χ0n) is 7.92. The van der Waals surface area contributed by atoms with E-state index < -0.39 is 0 Å². The lowest BCUT2D eigenvalue weighted by atomic mass is 10.2. The number of hydrogen-bond donors (Lipinski definition) is 0. The topological polar surface area (TPSA) is 17.8 Å². The van der Waals surface area contributed by atoms with E-state index in [0.29, 0.717) is 16.0 Å². The summed E-state index contributed by atoms with van der Waals surface area (Å²) in [6.07, 6.45) is 1.72. The molecule has 1 aromatic heterocycles. The number of rotatable bonds is 2. The molecule has 16 heavy (non-hydrogen) atoms. The molecular formula is C10H6BrClFIN2. The van der Waals surface area contributed by atoms with Crippen LogP contribution < -0.4 is 0 Å². The highest BCUT2D eigenvalue weighted by Crippen LogP contribution is 2.22. The van der Waals surface area contributed by atoms with Crippen molar-refractivity contribution >= 4 is 50.1 Å². The molecule has 0 N–H and O–H groups in total. The van der Waals surface area contributed by atoms with Crippen molar-refractivity contribution in [3.05, 3.63) is 49.0 Å². The fourth-order valence-electron chi connectivity index (χ4n) is 1.30. The van der Waals surface area contributed by atoms with Crippen molar-refractivity contribution in [2.45, 2.75) is 6.54 Å². The molecule has 0 saturated carbocycles. The lowest BCUT2D eigenvalue weighted by Gasteiger charge is -2.05. The molecule has 6 heteroatoms. The molecule has 2 aromatic rings. The Hall–Kier alpha value is -0.140. The zero-order valence-corrected chi connectivity index (χ0v) is 12.4. The molecule has 0 amide bonds. The smallest absolute Gasteiger partial charge is 0.141 e. The maximum atomic E-state index is 13.3. The Morgan fingerprint density at radius 3 is 2.88 bits per heavy atom. The van der Waals surface area contributed by atoms with Crippen molar-refractivity contribution in [1.82, 2.24) is 9.78 Å². The van der Waals surface area contributed by atoms with Crippen molar-refractivity contribution in [2.75, 3.05) is 0 Å². The van der Waals surface area contributed by atoms with Gasteiger partial charge in [0.1, 0.15) is 9.52 Å². The highest BCUT2D eigenvalue weighted by atomic mass is 127. The van der Waals surface area contributed by atoms with Crippen LogP contribution in [0, 0.1) is 9.52 Å². The van der Waals surface area contributed by atoms with Gasteiger partial charge in [-0.3, -0.25) is 4.68 Å². The van der Waals surface area contributed by atoms with Gasteiger partial charge in [-0.2, -0.15) is 5.10 Å². The molecule has 0 fully saturated rings. The van der Waals surface area contributed by atoms with Crippen LogP contribution >= 0.6 is 50.1 Å². The van der Waals surface area contributed by atoms with Crippen LogP contribution in [0.4, 0.5) is 4.39 Å². The minimum absolute atomic E-state index is 0.273. The van der Waals surface area contributed by atoms with Crippen LogP contribution in [0.15, 0.2) is 28.9 Å². The Kier molecular flexibility index (Phi) is 3.86. The van der Waals surface area contributed by atoms with Crippen LogP contribution in [-0.4, -0.2) is 9.78 Å². The molecule has 0 aliphatic heterocycles. The minimum atomic E-state index is -0.273. The van der Waals surface area contributed by atoms with Gasteiger partial charge in [0.05, 0.1) is 16.0 Å². The molecule has 0 radical (unpaired) electrons. The van der Waals surface area contributed by atoms with Gasteiger partial charge in [-0.15, -0.1) is 0 Å². The molecule has 0 bridgehead atoms. The van der Waals surface area contributed by atoms with Crippen molar-refractivity contribution in [3.63, 3.8) is 0 Å². The summed E-state index contributed by atoms with van der Waals surface area (Å²) in [4.78, 5) is 0. The number of benzene rings is 1. The molecule has 0 atom stereocenters. The van der Waals surface area contributed by atoms with Gasteiger partial charge < -0.3 is 0 Å². The van der Waals surface area contributed by atoms with Crippen molar-refractivity contribution in [3.8, 4) is 0 Å². The summed E-state index contributed by atoms with van der Waals surface area (Å²) in [7, 11) is 0. The Bertz CT molecular complexity index is 510. The first-order valence-corrected chi connectivity index (χ1v) is 6.64. The molecule has 0 aliphatic carbocycles. The number of hydrogen-bond acceptors (Lipinski definition) is 1. The third-order valence-corrected chi connectivity index (χ3v) is 4.32. The van der Waals surface area contributed by atoms with E-state index in [9.17, 15) is 4.39 Å². The van der Waals surface area contributed by atoms with Crippen LogP contribution in [0.5, 0.6) is 0 Å². The highest BCUT2D eigenvalue weighted by Gasteiger charge is 2.08. The highest BCUT2D eigenvalue weighted by molar-refractivity contribution is 14.1. The summed E-state index contributed by atoms with van der Waals surface area (Å²) in [6.45, 7) is 0.487. The fraction of sp³-hybridized carbons (Fsp3) is 0.100. The minimum Gasteiger partial charge on any atom is -0.266 e. The van der Waals surface area contributed by atoms with E-state index in [1.165, 1.54) is 6.07 Å². The molecule has 84 valence electrons. The lowest BCUT2D eigenvalue weighted by Crippen LogP contribution is -2.02.